The minimum Gasteiger partial charge on any atom is -0.384 e. The van der Waals surface area contributed by atoms with E-state index in [-0.39, 0.29) is 0 Å². The topological polar surface area (TPSA) is 27.3 Å². The van der Waals surface area contributed by atoms with Gasteiger partial charge in [-0.2, -0.15) is 0 Å². The maximum absolute atomic E-state index is 3.77. The number of hydrogen-bond donors (Lipinski definition) is 2. The molecular formula is C16H25N3. The lowest BCUT2D eigenvalue weighted by molar-refractivity contribution is 0.174. The second-order valence-corrected chi connectivity index (χ2v) is 6.14. The van der Waals surface area contributed by atoms with Gasteiger partial charge in [-0.1, -0.05) is 25.1 Å². The van der Waals surface area contributed by atoms with Crippen LogP contribution in [0.5, 0.6) is 0 Å². The van der Waals surface area contributed by atoms with Crippen LogP contribution in [0.3, 0.4) is 0 Å². The molecule has 1 saturated heterocycles. The van der Waals surface area contributed by atoms with Crippen LogP contribution in [-0.4, -0.2) is 37.6 Å². The fourth-order valence-corrected chi connectivity index (χ4v) is 3.46. The van der Waals surface area contributed by atoms with Gasteiger partial charge in [0, 0.05) is 31.4 Å². The van der Waals surface area contributed by atoms with Crippen molar-refractivity contribution < 1.29 is 0 Å². The highest BCUT2D eigenvalue weighted by Crippen LogP contribution is 2.26. The first-order chi connectivity index (χ1) is 9.24. The summed E-state index contributed by atoms with van der Waals surface area (Å²) < 4.78 is 0. The summed E-state index contributed by atoms with van der Waals surface area (Å²) in [7, 11) is 2.22. The van der Waals surface area contributed by atoms with Gasteiger partial charge < -0.3 is 15.5 Å². The molecule has 3 nitrogen and oxygen atoms in total. The molecule has 1 aromatic rings. The Morgan fingerprint density at radius 3 is 3.16 bits per heavy atom. The van der Waals surface area contributed by atoms with Crippen LogP contribution >= 0.6 is 0 Å². The third kappa shape index (κ3) is 2.77. The number of para-hydroxylation sites is 1. The van der Waals surface area contributed by atoms with E-state index in [4.69, 9.17) is 0 Å². The van der Waals surface area contributed by atoms with Gasteiger partial charge in [-0.25, -0.2) is 0 Å². The van der Waals surface area contributed by atoms with Gasteiger partial charge in [-0.15, -0.1) is 0 Å². The number of benzene rings is 1. The summed E-state index contributed by atoms with van der Waals surface area (Å²) in [5, 5.41) is 7.30. The molecule has 0 aromatic heterocycles. The predicted molar refractivity (Wildman–Crippen MR) is 80.5 cm³/mol. The maximum Gasteiger partial charge on any atom is 0.0419 e. The lowest BCUT2D eigenvalue weighted by Crippen LogP contribution is -2.46. The fourth-order valence-electron chi connectivity index (χ4n) is 3.46. The molecule has 0 bridgehead atoms. The fraction of sp³-hybridized carbons (Fsp3) is 0.625. The molecule has 0 amide bonds. The molecule has 0 saturated carbocycles. The first-order valence-electron chi connectivity index (χ1n) is 7.50. The highest BCUT2D eigenvalue weighted by molar-refractivity contribution is 5.61. The number of piperidine rings is 1. The van der Waals surface area contributed by atoms with Crippen LogP contribution in [0.4, 0.5) is 5.69 Å². The van der Waals surface area contributed by atoms with Crippen LogP contribution in [0, 0.1) is 5.92 Å². The third-order valence-electron chi connectivity index (χ3n) is 4.60. The number of anilines is 1. The zero-order valence-electron chi connectivity index (χ0n) is 12.1. The molecular weight excluding hydrogens is 234 g/mol. The number of hydrogen-bond acceptors (Lipinski definition) is 3. The monoisotopic (exact) mass is 259 g/mol. The van der Waals surface area contributed by atoms with Gasteiger partial charge in [0.25, 0.3) is 0 Å². The van der Waals surface area contributed by atoms with Crippen molar-refractivity contribution in [3.05, 3.63) is 29.3 Å². The van der Waals surface area contributed by atoms with Crippen molar-refractivity contribution in [1.82, 2.24) is 10.2 Å². The van der Waals surface area contributed by atoms with Crippen molar-refractivity contribution in [2.75, 3.05) is 32.0 Å². The van der Waals surface area contributed by atoms with E-state index in [0.717, 1.165) is 19.0 Å². The third-order valence-corrected chi connectivity index (χ3v) is 4.60. The Morgan fingerprint density at radius 2 is 2.32 bits per heavy atom. The Balaban J connectivity index is 1.62. The molecule has 1 fully saturated rings. The van der Waals surface area contributed by atoms with Crippen LogP contribution in [0.2, 0.25) is 0 Å². The summed E-state index contributed by atoms with van der Waals surface area (Å²) in [6.45, 7) is 6.88. The lowest BCUT2D eigenvalue weighted by Gasteiger charge is -2.35. The normalized spacial score (nSPS) is 27.1. The van der Waals surface area contributed by atoms with Crippen LogP contribution < -0.4 is 10.6 Å². The molecule has 0 aliphatic carbocycles. The molecule has 0 radical (unpaired) electrons. The van der Waals surface area contributed by atoms with Crippen LogP contribution in [0.1, 0.15) is 24.5 Å². The summed E-state index contributed by atoms with van der Waals surface area (Å²) in [5.41, 5.74) is 4.30. The van der Waals surface area contributed by atoms with E-state index in [1.165, 1.54) is 42.7 Å². The minimum absolute atomic E-state index is 0.661. The van der Waals surface area contributed by atoms with Crippen molar-refractivity contribution in [2.45, 2.75) is 32.4 Å². The molecule has 104 valence electrons. The van der Waals surface area contributed by atoms with Gasteiger partial charge in [-0.05, 0) is 43.5 Å². The van der Waals surface area contributed by atoms with Gasteiger partial charge in [-0.3, -0.25) is 0 Å². The van der Waals surface area contributed by atoms with Crippen molar-refractivity contribution in [2.24, 2.45) is 5.92 Å². The summed E-state index contributed by atoms with van der Waals surface area (Å²) in [6.07, 6.45) is 2.44. The van der Waals surface area contributed by atoms with Gasteiger partial charge in [0.2, 0.25) is 0 Å². The van der Waals surface area contributed by atoms with Crippen LogP contribution in [0.15, 0.2) is 18.2 Å². The number of rotatable bonds is 3. The molecule has 2 atom stereocenters. The van der Waals surface area contributed by atoms with Gasteiger partial charge in [0.1, 0.15) is 0 Å². The molecule has 19 heavy (non-hydrogen) atoms. The summed E-state index contributed by atoms with van der Waals surface area (Å²) in [4.78, 5) is 2.44. The highest BCUT2D eigenvalue weighted by atomic mass is 15.1. The van der Waals surface area contributed by atoms with E-state index >= 15 is 0 Å². The SMILES string of the molecule is CC1CN(C)CCC1NCc1cccc2c1NCC2. The van der Waals surface area contributed by atoms with E-state index < -0.39 is 0 Å². The molecule has 2 heterocycles. The Kier molecular flexibility index (Phi) is 3.76. The smallest absolute Gasteiger partial charge is 0.0419 e. The molecule has 2 aliphatic heterocycles. The minimum atomic E-state index is 0.661. The molecule has 3 rings (SSSR count). The van der Waals surface area contributed by atoms with Crippen LogP contribution in [-0.2, 0) is 13.0 Å². The van der Waals surface area contributed by atoms with Crippen LogP contribution in [0.25, 0.3) is 0 Å². The lowest BCUT2D eigenvalue weighted by atomic mass is 9.94. The Bertz CT molecular complexity index is 444. The zero-order valence-corrected chi connectivity index (χ0v) is 12.1. The maximum atomic E-state index is 3.77. The molecule has 0 spiro atoms. The van der Waals surface area contributed by atoms with E-state index in [0.29, 0.717) is 6.04 Å². The standard InChI is InChI=1S/C16H25N3/c1-12-11-19(2)9-7-15(12)18-10-14-5-3-4-13-6-8-17-16(13)14/h3-5,12,15,17-18H,6-11H2,1-2H3. The van der Waals surface area contributed by atoms with E-state index in [2.05, 4.69) is 47.7 Å². The first-order valence-corrected chi connectivity index (χ1v) is 7.50. The molecule has 3 heteroatoms. The second kappa shape index (κ2) is 5.51. The molecule has 2 unspecified atom stereocenters. The van der Waals surface area contributed by atoms with E-state index in [1.807, 2.05) is 0 Å². The Hall–Kier alpha value is -1.06. The number of nitrogens with one attached hydrogen (secondary N) is 2. The first kappa shape index (κ1) is 12.9. The summed E-state index contributed by atoms with van der Waals surface area (Å²) >= 11 is 0. The van der Waals surface area contributed by atoms with Gasteiger partial charge in [0.15, 0.2) is 0 Å². The summed E-state index contributed by atoms with van der Waals surface area (Å²) in [6, 6.07) is 7.36. The zero-order chi connectivity index (χ0) is 13.2. The van der Waals surface area contributed by atoms with Crippen molar-refractivity contribution in [3.63, 3.8) is 0 Å². The molecule has 2 N–H and O–H groups in total. The number of fused-ring (bicyclic) bond motifs is 1. The predicted octanol–water partition coefficient (Wildman–Crippen LogP) is 2.08. The molecule has 1 aromatic carbocycles. The molecule has 2 aliphatic rings. The van der Waals surface area contributed by atoms with Crippen molar-refractivity contribution in [1.29, 1.82) is 0 Å². The van der Waals surface area contributed by atoms with E-state index in [9.17, 15) is 0 Å². The summed E-state index contributed by atoms with van der Waals surface area (Å²) in [5.74, 6) is 0.739. The van der Waals surface area contributed by atoms with Gasteiger partial charge in [0.05, 0.1) is 0 Å². The van der Waals surface area contributed by atoms with Gasteiger partial charge >= 0.3 is 0 Å². The number of nitrogens with zero attached hydrogens (tertiary/aromatic N) is 1. The quantitative estimate of drug-likeness (QED) is 0.870. The number of likely N-dealkylation sites (tertiary alicyclic amines) is 1. The average molecular weight is 259 g/mol. The van der Waals surface area contributed by atoms with Crippen molar-refractivity contribution >= 4 is 5.69 Å². The highest BCUT2D eigenvalue weighted by Gasteiger charge is 2.24. The largest absolute Gasteiger partial charge is 0.384 e. The Morgan fingerprint density at radius 1 is 1.42 bits per heavy atom. The average Bonchev–Trinajstić information content (AvgIpc) is 2.86. The second-order valence-electron chi connectivity index (χ2n) is 6.14. The van der Waals surface area contributed by atoms with Crippen molar-refractivity contribution in [3.8, 4) is 0 Å². The van der Waals surface area contributed by atoms with E-state index in [1.54, 1.807) is 0 Å². The Labute approximate surface area is 116 Å².